The van der Waals surface area contributed by atoms with Gasteiger partial charge in [-0.25, -0.2) is 4.79 Å². The number of nitrogens with zero attached hydrogens (tertiary/aromatic N) is 1. The molecule has 0 saturated carbocycles. The summed E-state index contributed by atoms with van der Waals surface area (Å²) in [6.45, 7) is 0.954. The number of carbonyl (C=O) groups is 1. The monoisotopic (exact) mass is 302 g/mol. The molecule has 1 aromatic carbocycles. The average molecular weight is 302 g/mol. The second kappa shape index (κ2) is 6.34. The molecule has 1 aliphatic rings. The van der Waals surface area contributed by atoms with Crippen molar-refractivity contribution < 1.29 is 23.1 Å². The lowest BCUT2D eigenvalue weighted by atomic mass is 10.0. The molecule has 21 heavy (non-hydrogen) atoms. The van der Waals surface area contributed by atoms with Crippen molar-refractivity contribution in [3.8, 4) is 0 Å². The van der Waals surface area contributed by atoms with Gasteiger partial charge >= 0.3 is 12.3 Å². The summed E-state index contributed by atoms with van der Waals surface area (Å²) in [4.78, 5) is 12.1. The molecule has 2 rings (SSSR count). The van der Waals surface area contributed by atoms with E-state index in [9.17, 15) is 18.0 Å². The summed E-state index contributed by atoms with van der Waals surface area (Å²) >= 11 is 0. The molecule has 0 aromatic heterocycles. The molecule has 1 fully saturated rings. The third-order valence-corrected chi connectivity index (χ3v) is 3.67. The number of amides is 1. The summed E-state index contributed by atoms with van der Waals surface area (Å²) in [5.74, 6) is 0. The first-order valence-electron chi connectivity index (χ1n) is 6.74. The highest BCUT2D eigenvalue weighted by Gasteiger charge is 2.33. The van der Waals surface area contributed by atoms with E-state index in [0.29, 0.717) is 25.9 Å². The van der Waals surface area contributed by atoms with Crippen LogP contribution in [0.3, 0.4) is 0 Å². The topological polar surface area (TPSA) is 52.6 Å². The highest BCUT2D eigenvalue weighted by atomic mass is 19.4. The second-order valence-corrected chi connectivity index (χ2v) is 5.08. The summed E-state index contributed by atoms with van der Waals surface area (Å²) in [6, 6.07) is 5.53. The minimum absolute atomic E-state index is 0.0434. The van der Waals surface area contributed by atoms with Crippen LogP contribution in [0.4, 0.5) is 18.0 Å². The molecule has 7 heteroatoms. The Morgan fingerprint density at radius 3 is 2.48 bits per heavy atom. The van der Waals surface area contributed by atoms with E-state index < -0.39 is 17.8 Å². The molecule has 0 unspecified atom stereocenters. The van der Waals surface area contributed by atoms with Gasteiger partial charge in [-0.1, -0.05) is 18.2 Å². The van der Waals surface area contributed by atoms with Crippen molar-refractivity contribution in [2.75, 3.05) is 13.1 Å². The Morgan fingerprint density at radius 1 is 1.29 bits per heavy atom. The van der Waals surface area contributed by atoms with Gasteiger partial charge in [-0.15, -0.1) is 0 Å². The smallest absolute Gasteiger partial charge is 0.416 e. The zero-order valence-corrected chi connectivity index (χ0v) is 11.4. The lowest BCUT2D eigenvalue weighted by Crippen LogP contribution is -2.44. The van der Waals surface area contributed by atoms with Gasteiger partial charge in [-0.05, 0) is 24.5 Å². The molecular weight excluding hydrogens is 285 g/mol. The van der Waals surface area contributed by atoms with E-state index in [1.807, 2.05) is 0 Å². The first-order chi connectivity index (χ1) is 9.88. The van der Waals surface area contributed by atoms with Crippen LogP contribution < -0.4 is 5.32 Å². The predicted octanol–water partition coefficient (Wildman–Crippen LogP) is 2.94. The molecule has 1 aliphatic heterocycles. The molecule has 4 nitrogen and oxygen atoms in total. The number of likely N-dealkylation sites (tertiary alicyclic amines) is 1. The fraction of sp³-hybridized carbons (Fsp3) is 0.500. The van der Waals surface area contributed by atoms with Gasteiger partial charge in [0.1, 0.15) is 0 Å². The zero-order chi connectivity index (χ0) is 15.5. The third kappa shape index (κ3) is 4.10. The minimum Gasteiger partial charge on any atom is -0.465 e. The molecule has 116 valence electrons. The summed E-state index contributed by atoms with van der Waals surface area (Å²) in [6.07, 6.45) is -4.08. The highest BCUT2D eigenvalue weighted by Crippen LogP contribution is 2.31. The number of rotatable bonds is 3. The van der Waals surface area contributed by atoms with Crippen LogP contribution in [0.2, 0.25) is 0 Å². The van der Waals surface area contributed by atoms with Gasteiger partial charge in [0.05, 0.1) is 5.56 Å². The van der Waals surface area contributed by atoms with E-state index in [1.54, 1.807) is 6.07 Å². The van der Waals surface area contributed by atoms with Crippen LogP contribution in [-0.2, 0) is 12.7 Å². The molecule has 1 aromatic rings. The summed E-state index contributed by atoms with van der Waals surface area (Å²) in [5.41, 5.74) is -0.411. The molecule has 0 aliphatic carbocycles. The molecular formula is C14H17F3N2O2. The van der Waals surface area contributed by atoms with Gasteiger partial charge in [0.2, 0.25) is 0 Å². The standard InChI is InChI=1S/C14H17F3N2O2/c15-14(16,17)12-4-2-1-3-10(12)9-18-11-5-7-19(8-6-11)13(20)21/h1-4,11,18H,5-9H2,(H,20,21). The van der Waals surface area contributed by atoms with E-state index in [0.717, 1.165) is 6.07 Å². The van der Waals surface area contributed by atoms with Crippen LogP contribution in [0.5, 0.6) is 0 Å². The molecule has 2 N–H and O–H groups in total. The van der Waals surface area contributed by atoms with E-state index in [2.05, 4.69) is 5.32 Å². The molecule has 0 atom stereocenters. The molecule has 0 spiro atoms. The van der Waals surface area contributed by atoms with Crippen LogP contribution in [0.25, 0.3) is 0 Å². The quantitative estimate of drug-likeness (QED) is 0.902. The predicted molar refractivity (Wildman–Crippen MR) is 70.9 cm³/mol. The first kappa shape index (κ1) is 15.6. The van der Waals surface area contributed by atoms with Gasteiger partial charge < -0.3 is 15.3 Å². The molecule has 0 radical (unpaired) electrons. The Kier molecular flexibility index (Phi) is 4.72. The van der Waals surface area contributed by atoms with Gasteiger partial charge in [0, 0.05) is 25.7 Å². The highest BCUT2D eigenvalue weighted by molar-refractivity contribution is 5.65. The third-order valence-electron chi connectivity index (χ3n) is 3.67. The van der Waals surface area contributed by atoms with Crippen molar-refractivity contribution in [2.24, 2.45) is 0 Å². The maximum atomic E-state index is 12.9. The van der Waals surface area contributed by atoms with E-state index in [1.165, 1.54) is 17.0 Å². The van der Waals surface area contributed by atoms with Crippen LogP contribution in [0.15, 0.2) is 24.3 Å². The number of alkyl halides is 3. The summed E-state index contributed by atoms with van der Waals surface area (Å²) < 4.78 is 38.6. The molecule has 0 bridgehead atoms. The summed E-state index contributed by atoms with van der Waals surface area (Å²) in [5, 5.41) is 11.9. The van der Waals surface area contributed by atoms with E-state index in [4.69, 9.17) is 5.11 Å². The van der Waals surface area contributed by atoms with Crippen molar-refractivity contribution in [3.63, 3.8) is 0 Å². The number of hydrogen-bond acceptors (Lipinski definition) is 2. The second-order valence-electron chi connectivity index (χ2n) is 5.08. The Labute approximate surface area is 120 Å². The van der Waals surface area contributed by atoms with E-state index in [-0.39, 0.29) is 18.2 Å². The Morgan fingerprint density at radius 2 is 1.90 bits per heavy atom. The van der Waals surface area contributed by atoms with Gasteiger partial charge in [-0.2, -0.15) is 13.2 Å². The lowest BCUT2D eigenvalue weighted by Gasteiger charge is -2.30. The first-order valence-corrected chi connectivity index (χ1v) is 6.74. The molecule has 1 saturated heterocycles. The maximum absolute atomic E-state index is 12.9. The Balaban J connectivity index is 1.91. The minimum atomic E-state index is -4.36. The van der Waals surface area contributed by atoms with Crippen molar-refractivity contribution >= 4 is 6.09 Å². The normalized spacial score (nSPS) is 17.0. The Hall–Kier alpha value is -1.76. The van der Waals surface area contributed by atoms with Gasteiger partial charge in [-0.3, -0.25) is 0 Å². The summed E-state index contributed by atoms with van der Waals surface area (Å²) in [7, 11) is 0. The fourth-order valence-corrected chi connectivity index (χ4v) is 2.48. The number of halogens is 3. The largest absolute Gasteiger partial charge is 0.465 e. The SMILES string of the molecule is O=C(O)N1CCC(NCc2ccccc2C(F)(F)F)CC1. The van der Waals surface area contributed by atoms with Crippen LogP contribution >= 0.6 is 0 Å². The molecule has 1 heterocycles. The number of nitrogens with one attached hydrogen (secondary N) is 1. The lowest BCUT2D eigenvalue weighted by molar-refractivity contribution is -0.138. The number of carboxylic acid groups (broad SMARTS) is 1. The number of benzene rings is 1. The van der Waals surface area contributed by atoms with Gasteiger partial charge in [0.25, 0.3) is 0 Å². The maximum Gasteiger partial charge on any atom is 0.416 e. The Bertz CT molecular complexity index is 497. The van der Waals surface area contributed by atoms with Crippen molar-refractivity contribution in [3.05, 3.63) is 35.4 Å². The van der Waals surface area contributed by atoms with E-state index >= 15 is 0 Å². The van der Waals surface area contributed by atoms with Crippen LogP contribution in [0.1, 0.15) is 24.0 Å². The fourth-order valence-electron chi connectivity index (χ4n) is 2.48. The number of piperidine rings is 1. The van der Waals surface area contributed by atoms with Crippen LogP contribution in [-0.4, -0.2) is 35.2 Å². The van der Waals surface area contributed by atoms with Gasteiger partial charge in [0.15, 0.2) is 0 Å². The zero-order valence-electron chi connectivity index (χ0n) is 11.4. The van der Waals surface area contributed by atoms with Crippen LogP contribution in [0, 0.1) is 0 Å². The number of hydrogen-bond donors (Lipinski definition) is 2. The molecule has 1 amide bonds. The van der Waals surface area contributed by atoms with Crippen molar-refractivity contribution in [1.82, 2.24) is 10.2 Å². The van der Waals surface area contributed by atoms with Crippen molar-refractivity contribution in [2.45, 2.75) is 31.6 Å². The average Bonchev–Trinajstić information content (AvgIpc) is 2.45. The van der Waals surface area contributed by atoms with Crippen molar-refractivity contribution in [1.29, 1.82) is 0 Å².